The molecule has 1 saturated heterocycles. The molecule has 0 spiro atoms. The number of hydrogen-bond acceptors (Lipinski definition) is 3. The van der Waals surface area contributed by atoms with E-state index in [4.69, 9.17) is 5.11 Å². The van der Waals surface area contributed by atoms with Crippen molar-refractivity contribution in [3.63, 3.8) is 0 Å². The van der Waals surface area contributed by atoms with Crippen LogP contribution in [0.15, 0.2) is 18.3 Å². The lowest BCUT2D eigenvalue weighted by molar-refractivity contribution is -0.139. The summed E-state index contributed by atoms with van der Waals surface area (Å²) in [5, 5.41) is 15.1. The third-order valence-corrected chi connectivity index (χ3v) is 3.89. The zero-order chi connectivity index (χ0) is 15.2. The van der Waals surface area contributed by atoms with Crippen molar-refractivity contribution in [1.82, 2.24) is 15.2 Å². The zero-order valence-electron chi connectivity index (χ0n) is 12.3. The van der Waals surface area contributed by atoms with E-state index in [2.05, 4.69) is 10.6 Å². The summed E-state index contributed by atoms with van der Waals surface area (Å²) >= 11 is 0. The van der Waals surface area contributed by atoms with Crippen molar-refractivity contribution in [2.45, 2.75) is 44.7 Å². The molecule has 1 atom stereocenters. The van der Waals surface area contributed by atoms with Gasteiger partial charge in [-0.1, -0.05) is 13.3 Å². The van der Waals surface area contributed by atoms with E-state index < -0.39 is 12.0 Å². The van der Waals surface area contributed by atoms with Gasteiger partial charge in [0.15, 0.2) is 0 Å². The fourth-order valence-corrected chi connectivity index (χ4v) is 2.77. The van der Waals surface area contributed by atoms with Crippen molar-refractivity contribution < 1.29 is 14.7 Å². The van der Waals surface area contributed by atoms with E-state index in [-0.39, 0.29) is 5.91 Å². The van der Waals surface area contributed by atoms with E-state index in [0.717, 1.165) is 25.9 Å². The molecule has 116 valence electrons. The summed E-state index contributed by atoms with van der Waals surface area (Å²) in [6.45, 7) is 3.79. The van der Waals surface area contributed by atoms with Crippen LogP contribution in [0.4, 0.5) is 0 Å². The summed E-state index contributed by atoms with van der Waals surface area (Å²) in [6, 6.07) is 3.07. The second-order valence-electron chi connectivity index (χ2n) is 5.43. The van der Waals surface area contributed by atoms with Gasteiger partial charge in [-0.2, -0.15) is 0 Å². The molecule has 3 N–H and O–H groups in total. The van der Waals surface area contributed by atoms with Gasteiger partial charge in [-0.3, -0.25) is 4.79 Å². The summed E-state index contributed by atoms with van der Waals surface area (Å²) in [5.74, 6) is -1.29. The van der Waals surface area contributed by atoms with Crippen molar-refractivity contribution in [3.8, 4) is 0 Å². The molecule has 0 unspecified atom stereocenters. The summed E-state index contributed by atoms with van der Waals surface area (Å²) in [4.78, 5) is 23.5. The molecule has 0 saturated carbocycles. The Balaban J connectivity index is 2.08. The Morgan fingerprint density at radius 2 is 2.19 bits per heavy atom. The highest BCUT2D eigenvalue weighted by atomic mass is 16.4. The number of carbonyl (C=O) groups excluding carboxylic acids is 1. The van der Waals surface area contributed by atoms with Gasteiger partial charge in [-0.05, 0) is 44.5 Å². The van der Waals surface area contributed by atoms with Crippen LogP contribution in [0.25, 0.3) is 0 Å². The van der Waals surface area contributed by atoms with E-state index in [9.17, 15) is 9.59 Å². The van der Waals surface area contributed by atoms with Crippen molar-refractivity contribution in [3.05, 3.63) is 24.0 Å². The van der Waals surface area contributed by atoms with Crippen molar-refractivity contribution in [2.75, 3.05) is 13.1 Å². The number of carbonyl (C=O) groups is 2. The van der Waals surface area contributed by atoms with Crippen LogP contribution in [0.2, 0.25) is 0 Å². The second-order valence-corrected chi connectivity index (χ2v) is 5.43. The number of carboxylic acids is 1. The smallest absolute Gasteiger partial charge is 0.326 e. The van der Waals surface area contributed by atoms with Crippen LogP contribution in [-0.2, 0) is 4.79 Å². The molecule has 6 heteroatoms. The molecule has 0 bridgehead atoms. The van der Waals surface area contributed by atoms with Gasteiger partial charge >= 0.3 is 5.97 Å². The van der Waals surface area contributed by atoms with Crippen LogP contribution in [0.1, 0.15) is 49.1 Å². The molecule has 21 heavy (non-hydrogen) atoms. The Morgan fingerprint density at radius 3 is 2.81 bits per heavy atom. The minimum atomic E-state index is -0.981. The van der Waals surface area contributed by atoms with Gasteiger partial charge in [0.05, 0.1) is 0 Å². The Labute approximate surface area is 124 Å². The van der Waals surface area contributed by atoms with Gasteiger partial charge in [-0.15, -0.1) is 0 Å². The Hall–Kier alpha value is -1.82. The average molecular weight is 293 g/mol. The fourth-order valence-electron chi connectivity index (χ4n) is 2.77. The topological polar surface area (TPSA) is 83.4 Å². The predicted molar refractivity (Wildman–Crippen MR) is 79.4 cm³/mol. The second kappa shape index (κ2) is 7.26. The van der Waals surface area contributed by atoms with Crippen LogP contribution in [0.3, 0.4) is 0 Å². The first-order chi connectivity index (χ1) is 10.1. The van der Waals surface area contributed by atoms with Gasteiger partial charge in [0, 0.05) is 12.2 Å². The maximum absolute atomic E-state index is 12.3. The maximum atomic E-state index is 12.3. The molecule has 2 heterocycles. The molecule has 1 aliphatic heterocycles. The molecule has 1 aliphatic rings. The number of aromatic nitrogens is 1. The number of amides is 1. The number of piperidine rings is 1. The van der Waals surface area contributed by atoms with Crippen LogP contribution in [-0.4, -0.2) is 40.7 Å². The minimum absolute atomic E-state index is 0.302. The molecule has 0 aliphatic carbocycles. The van der Waals surface area contributed by atoms with E-state index >= 15 is 0 Å². The SMILES string of the molecule is CCC[C@@H](NC(=O)c1cccn1C1CCNCC1)C(=O)O. The zero-order valence-corrected chi connectivity index (χ0v) is 12.3. The number of aliphatic carboxylic acids is 1. The first-order valence-corrected chi connectivity index (χ1v) is 7.54. The molecule has 0 radical (unpaired) electrons. The average Bonchev–Trinajstić information content (AvgIpc) is 2.97. The van der Waals surface area contributed by atoms with Gasteiger partial charge in [0.25, 0.3) is 5.91 Å². The molecule has 1 fully saturated rings. The van der Waals surface area contributed by atoms with E-state index in [1.807, 2.05) is 23.8 Å². The summed E-state index contributed by atoms with van der Waals surface area (Å²) < 4.78 is 1.97. The molecule has 1 amide bonds. The van der Waals surface area contributed by atoms with Crippen molar-refractivity contribution in [2.24, 2.45) is 0 Å². The standard InChI is InChI=1S/C15H23N3O3/c1-2-4-12(15(20)21)17-14(19)13-5-3-10-18(13)11-6-8-16-9-7-11/h3,5,10-12,16H,2,4,6-9H2,1H3,(H,17,19)(H,20,21)/t12-/m1/s1. The number of hydrogen-bond donors (Lipinski definition) is 3. The van der Waals surface area contributed by atoms with E-state index in [1.165, 1.54) is 0 Å². The minimum Gasteiger partial charge on any atom is -0.480 e. The highest BCUT2D eigenvalue weighted by molar-refractivity contribution is 5.95. The monoisotopic (exact) mass is 293 g/mol. The van der Waals surface area contributed by atoms with Crippen LogP contribution < -0.4 is 10.6 Å². The quantitative estimate of drug-likeness (QED) is 0.740. The summed E-state index contributed by atoms with van der Waals surface area (Å²) in [6.07, 6.45) is 5.01. The van der Waals surface area contributed by atoms with Gasteiger partial charge in [-0.25, -0.2) is 4.79 Å². The lowest BCUT2D eigenvalue weighted by Gasteiger charge is -2.26. The highest BCUT2D eigenvalue weighted by Gasteiger charge is 2.23. The van der Waals surface area contributed by atoms with Crippen LogP contribution in [0.5, 0.6) is 0 Å². The normalized spacial score (nSPS) is 17.4. The van der Waals surface area contributed by atoms with E-state index in [0.29, 0.717) is 24.6 Å². The third kappa shape index (κ3) is 3.85. The summed E-state index contributed by atoms with van der Waals surface area (Å²) in [7, 11) is 0. The Bertz CT molecular complexity index is 492. The number of nitrogens with one attached hydrogen (secondary N) is 2. The number of nitrogens with zero attached hydrogens (tertiary/aromatic N) is 1. The molecule has 1 aromatic heterocycles. The molecule has 0 aromatic carbocycles. The maximum Gasteiger partial charge on any atom is 0.326 e. The van der Waals surface area contributed by atoms with Crippen LogP contribution in [0, 0.1) is 0 Å². The first kappa shape index (κ1) is 15.6. The van der Waals surface area contributed by atoms with E-state index in [1.54, 1.807) is 6.07 Å². The molecule has 2 rings (SSSR count). The van der Waals surface area contributed by atoms with Gasteiger partial charge < -0.3 is 20.3 Å². The lowest BCUT2D eigenvalue weighted by Crippen LogP contribution is -2.41. The first-order valence-electron chi connectivity index (χ1n) is 7.54. The molecule has 6 nitrogen and oxygen atoms in total. The van der Waals surface area contributed by atoms with Gasteiger partial charge in [0.2, 0.25) is 0 Å². The molecular weight excluding hydrogens is 270 g/mol. The van der Waals surface area contributed by atoms with Gasteiger partial charge in [0.1, 0.15) is 11.7 Å². The molecular formula is C15H23N3O3. The third-order valence-electron chi connectivity index (χ3n) is 3.89. The summed E-state index contributed by atoms with van der Waals surface area (Å²) in [5.41, 5.74) is 0.546. The highest BCUT2D eigenvalue weighted by Crippen LogP contribution is 2.21. The number of carboxylic acid groups (broad SMARTS) is 1. The van der Waals surface area contributed by atoms with Crippen molar-refractivity contribution in [1.29, 1.82) is 0 Å². The lowest BCUT2D eigenvalue weighted by atomic mass is 10.1. The fraction of sp³-hybridized carbons (Fsp3) is 0.600. The van der Waals surface area contributed by atoms with Crippen molar-refractivity contribution >= 4 is 11.9 Å². The van der Waals surface area contributed by atoms with Crippen LogP contribution >= 0.6 is 0 Å². The Kier molecular flexibility index (Phi) is 5.38. The molecule has 1 aromatic rings. The predicted octanol–water partition coefficient (Wildman–Crippen LogP) is 1.40. The Morgan fingerprint density at radius 1 is 1.48 bits per heavy atom. The largest absolute Gasteiger partial charge is 0.480 e. The number of rotatable bonds is 6.